The van der Waals surface area contributed by atoms with Gasteiger partial charge in [-0.05, 0) is 60.3 Å². The summed E-state index contributed by atoms with van der Waals surface area (Å²) in [6.45, 7) is 10.5. The van der Waals surface area contributed by atoms with Crippen LogP contribution in [0.15, 0.2) is 0 Å². The molecule has 122 valence electrons. The molecule has 0 aromatic rings. The molecule has 1 rings (SSSR count). The summed E-state index contributed by atoms with van der Waals surface area (Å²) in [5, 5.41) is 9.08. The molecule has 0 unspecified atom stereocenters. The van der Waals surface area contributed by atoms with E-state index in [4.69, 9.17) is 14.6 Å². The van der Waals surface area contributed by atoms with Gasteiger partial charge in [-0.3, -0.25) is 0 Å². The molecule has 2 amide bonds. The number of nitrogens with zero attached hydrogens (tertiary/aromatic N) is 1. The topological polar surface area (TPSA) is 76.1 Å². The number of amides is 2. The van der Waals surface area contributed by atoms with Gasteiger partial charge in [-0.1, -0.05) is 0 Å². The van der Waals surface area contributed by atoms with E-state index in [0.29, 0.717) is 12.8 Å². The van der Waals surface area contributed by atoms with Crippen molar-refractivity contribution in [3.8, 4) is 0 Å². The number of carbonyl (C=O) groups excluding carboxylic acids is 2. The van der Waals surface area contributed by atoms with Crippen LogP contribution in [0.4, 0.5) is 9.59 Å². The third-order valence-electron chi connectivity index (χ3n) is 3.01. The number of aliphatic hydroxyl groups is 1. The molecule has 0 aliphatic heterocycles. The predicted molar refractivity (Wildman–Crippen MR) is 77.9 cm³/mol. The number of hydrogen-bond acceptors (Lipinski definition) is 5. The van der Waals surface area contributed by atoms with E-state index >= 15 is 0 Å². The summed E-state index contributed by atoms with van der Waals surface area (Å²) < 4.78 is 10.6. The van der Waals surface area contributed by atoms with E-state index < -0.39 is 23.4 Å². The second-order valence-electron chi connectivity index (χ2n) is 7.50. The molecule has 0 atom stereocenters. The molecule has 0 heterocycles. The maximum Gasteiger partial charge on any atom is 0.420 e. The number of hydrogen-bond donors (Lipinski definition) is 1. The third kappa shape index (κ3) is 5.53. The fourth-order valence-corrected chi connectivity index (χ4v) is 2.06. The number of ether oxygens (including phenoxy) is 2. The van der Waals surface area contributed by atoms with E-state index in [0.717, 1.165) is 4.90 Å². The van der Waals surface area contributed by atoms with E-state index in [9.17, 15) is 9.59 Å². The first kappa shape index (κ1) is 17.8. The molecule has 0 aromatic heterocycles. The maximum absolute atomic E-state index is 12.3. The van der Waals surface area contributed by atoms with Crippen molar-refractivity contribution >= 4 is 12.2 Å². The van der Waals surface area contributed by atoms with Crippen LogP contribution in [0.25, 0.3) is 0 Å². The Morgan fingerprint density at radius 3 is 1.67 bits per heavy atom. The van der Waals surface area contributed by atoms with Crippen molar-refractivity contribution in [1.29, 1.82) is 0 Å². The lowest BCUT2D eigenvalue weighted by molar-refractivity contribution is -0.0263. The summed E-state index contributed by atoms with van der Waals surface area (Å²) in [6, 6.07) is -0.271. The van der Waals surface area contributed by atoms with Gasteiger partial charge in [0.05, 0.1) is 0 Å². The Hall–Kier alpha value is -1.30. The number of aliphatic hydroxyl groups excluding tert-OH is 1. The van der Waals surface area contributed by atoms with Crippen molar-refractivity contribution in [3.05, 3.63) is 0 Å². The highest BCUT2D eigenvalue weighted by Crippen LogP contribution is 2.33. The SMILES string of the molecule is CC(C)(C)OC(=O)N(C(=O)OC(C)(C)C)[C@H]1C[C@H](CO)C1. The molecule has 6 nitrogen and oxygen atoms in total. The molecule has 1 aliphatic rings. The normalized spacial score (nSPS) is 22.2. The molecule has 1 aliphatic carbocycles. The highest BCUT2D eigenvalue weighted by Gasteiger charge is 2.42. The molecular weight excluding hydrogens is 274 g/mol. The molecule has 0 spiro atoms. The summed E-state index contributed by atoms with van der Waals surface area (Å²) >= 11 is 0. The number of carbonyl (C=O) groups is 2. The molecule has 0 bridgehead atoms. The van der Waals surface area contributed by atoms with Gasteiger partial charge in [0.15, 0.2) is 0 Å². The zero-order valence-electron chi connectivity index (χ0n) is 13.8. The summed E-state index contributed by atoms with van der Waals surface area (Å²) in [4.78, 5) is 25.6. The summed E-state index contributed by atoms with van der Waals surface area (Å²) in [7, 11) is 0. The fourth-order valence-electron chi connectivity index (χ4n) is 2.06. The van der Waals surface area contributed by atoms with Crippen LogP contribution in [0.5, 0.6) is 0 Å². The summed E-state index contributed by atoms with van der Waals surface area (Å²) in [6.07, 6.45) is -0.236. The molecule has 1 saturated carbocycles. The van der Waals surface area contributed by atoms with Crippen LogP contribution >= 0.6 is 0 Å². The minimum absolute atomic E-state index is 0.0625. The Balaban J connectivity index is 2.80. The van der Waals surface area contributed by atoms with Crippen LogP contribution < -0.4 is 0 Å². The van der Waals surface area contributed by atoms with Gasteiger partial charge in [0.1, 0.15) is 11.2 Å². The van der Waals surface area contributed by atoms with Gasteiger partial charge in [0, 0.05) is 12.6 Å². The van der Waals surface area contributed by atoms with E-state index in [1.165, 1.54) is 0 Å². The number of rotatable bonds is 2. The Kier molecular flexibility index (Phi) is 5.25. The average molecular weight is 301 g/mol. The fraction of sp³-hybridized carbons (Fsp3) is 0.867. The van der Waals surface area contributed by atoms with Gasteiger partial charge in [-0.15, -0.1) is 0 Å². The number of imide groups is 1. The van der Waals surface area contributed by atoms with Crippen molar-refractivity contribution < 1.29 is 24.2 Å². The first-order valence-electron chi connectivity index (χ1n) is 7.29. The zero-order chi connectivity index (χ0) is 16.4. The van der Waals surface area contributed by atoms with E-state index in [1.54, 1.807) is 41.5 Å². The van der Waals surface area contributed by atoms with Crippen molar-refractivity contribution in [2.45, 2.75) is 71.6 Å². The first-order chi connectivity index (χ1) is 9.43. The highest BCUT2D eigenvalue weighted by molar-refractivity contribution is 5.88. The van der Waals surface area contributed by atoms with Gasteiger partial charge in [0.25, 0.3) is 0 Å². The quantitative estimate of drug-likeness (QED) is 0.848. The molecule has 0 aromatic carbocycles. The first-order valence-corrected chi connectivity index (χ1v) is 7.29. The van der Waals surface area contributed by atoms with E-state index in [-0.39, 0.29) is 18.6 Å². The van der Waals surface area contributed by atoms with Crippen LogP contribution in [-0.2, 0) is 9.47 Å². The Morgan fingerprint density at radius 1 is 1.00 bits per heavy atom. The molecule has 21 heavy (non-hydrogen) atoms. The van der Waals surface area contributed by atoms with Crippen LogP contribution in [-0.4, -0.2) is 46.0 Å². The predicted octanol–water partition coefficient (Wildman–Crippen LogP) is 2.93. The van der Waals surface area contributed by atoms with Gasteiger partial charge in [-0.25, -0.2) is 14.5 Å². The Labute approximate surface area is 126 Å². The van der Waals surface area contributed by atoms with Gasteiger partial charge < -0.3 is 14.6 Å². The Morgan fingerprint density at radius 2 is 1.38 bits per heavy atom. The van der Waals surface area contributed by atoms with Crippen LogP contribution in [0.3, 0.4) is 0 Å². The van der Waals surface area contributed by atoms with Crippen LogP contribution in [0.2, 0.25) is 0 Å². The van der Waals surface area contributed by atoms with E-state index in [2.05, 4.69) is 0 Å². The molecule has 1 fully saturated rings. The second kappa shape index (κ2) is 6.22. The molecule has 6 heteroatoms. The lowest BCUT2D eigenvalue weighted by Crippen LogP contribution is -2.54. The van der Waals surface area contributed by atoms with Crippen molar-refractivity contribution in [3.63, 3.8) is 0 Å². The van der Waals surface area contributed by atoms with Crippen molar-refractivity contribution in [2.24, 2.45) is 5.92 Å². The Bertz CT molecular complexity index is 360. The smallest absolute Gasteiger partial charge is 0.420 e. The summed E-state index contributed by atoms with van der Waals surface area (Å²) in [5.41, 5.74) is -1.37. The van der Waals surface area contributed by atoms with Crippen LogP contribution in [0.1, 0.15) is 54.4 Å². The zero-order valence-corrected chi connectivity index (χ0v) is 13.8. The lowest BCUT2D eigenvalue weighted by atomic mass is 9.80. The minimum Gasteiger partial charge on any atom is -0.443 e. The van der Waals surface area contributed by atoms with E-state index in [1.807, 2.05) is 0 Å². The second-order valence-corrected chi connectivity index (χ2v) is 7.50. The largest absolute Gasteiger partial charge is 0.443 e. The summed E-state index contributed by atoms with van der Waals surface area (Å²) in [5.74, 6) is 0.127. The van der Waals surface area contributed by atoms with Gasteiger partial charge in [-0.2, -0.15) is 0 Å². The van der Waals surface area contributed by atoms with Crippen molar-refractivity contribution in [2.75, 3.05) is 6.61 Å². The third-order valence-corrected chi connectivity index (χ3v) is 3.01. The molecule has 0 radical (unpaired) electrons. The monoisotopic (exact) mass is 301 g/mol. The van der Waals surface area contributed by atoms with Crippen LogP contribution in [0, 0.1) is 5.92 Å². The molecule has 0 saturated heterocycles. The molecular formula is C15H27NO5. The minimum atomic E-state index is -0.696. The average Bonchev–Trinajstić information content (AvgIpc) is 2.16. The van der Waals surface area contributed by atoms with Crippen molar-refractivity contribution in [1.82, 2.24) is 4.90 Å². The lowest BCUT2D eigenvalue weighted by Gasteiger charge is -2.41. The van der Waals surface area contributed by atoms with Gasteiger partial charge in [0.2, 0.25) is 0 Å². The molecule has 1 N–H and O–H groups in total. The standard InChI is InChI=1S/C15H27NO5/c1-14(2,3)20-12(18)16(11-7-10(8-11)9-17)13(19)21-15(4,5)6/h10-11,17H,7-9H2,1-6H3/t10-,11-. The highest BCUT2D eigenvalue weighted by atomic mass is 16.6. The van der Waals surface area contributed by atoms with Gasteiger partial charge >= 0.3 is 12.2 Å². The maximum atomic E-state index is 12.3.